The van der Waals surface area contributed by atoms with Crippen molar-refractivity contribution < 1.29 is 14.1 Å². The number of aromatic nitrogens is 3. The predicted molar refractivity (Wildman–Crippen MR) is 146 cm³/mol. The molecular weight excluding hydrogens is 512 g/mol. The normalized spacial score (nSPS) is 13.7. The third-order valence-electron chi connectivity index (χ3n) is 6.87. The van der Waals surface area contributed by atoms with Gasteiger partial charge in [-0.3, -0.25) is 14.6 Å². The fourth-order valence-corrected chi connectivity index (χ4v) is 5.75. The Morgan fingerprint density at radius 1 is 1.18 bits per heavy atom. The molecule has 4 aromatic rings. The van der Waals surface area contributed by atoms with Gasteiger partial charge in [0.05, 0.1) is 17.5 Å². The summed E-state index contributed by atoms with van der Waals surface area (Å²) in [6.45, 7) is 3.63. The summed E-state index contributed by atoms with van der Waals surface area (Å²) in [5.74, 6) is 0.408. The number of likely N-dealkylation sites (tertiary alicyclic amines) is 1. The van der Waals surface area contributed by atoms with Gasteiger partial charge >= 0.3 is 0 Å². The van der Waals surface area contributed by atoms with Crippen LogP contribution in [0.1, 0.15) is 62.4 Å². The van der Waals surface area contributed by atoms with E-state index >= 15 is 0 Å². The first-order valence-corrected chi connectivity index (χ1v) is 13.7. The zero-order valence-corrected chi connectivity index (χ0v) is 22.4. The van der Waals surface area contributed by atoms with Gasteiger partial charge in [0, 0.05) is 55.4 Å². The molecular formula is C29H28N6O3S. The van der Waals surface area contributed by atoms with Crippen molar-refractivity contribution in [2.75, 3.05) is 19.6 Å². The molecule has 0 unspecified atom stereocenters. The van der Waals surface area contributed by atoms with E-state index in [2.05, 4.69) is 16.2 Å². The van der Waals surface area contributed by atoms with E-state index in [0.717, 1.165) is 29.0 Å². The van der Waals surface area contributed by atoms with Gasteiger partial charge in [0.15, 0.2) is 0 Å². The minimum Gasteiger partial charge on any atom is -0.360 e. The highest BCUT2D eigenvalue weighted by Gasteiger charge is 2.31. The maximum absolute atomic E-state index is 13.5. The molecule has 198 valence electrons. The molecule has 0 radical (unpaired) electrons. The molecule has 1 fully saturated rings. The summed E-state index contributed by atoms with van der Waals surface area (Å²) in [6, 6.07) is 15.4. The summed E-state index contributed by atoms with van der Waals surface area (Å²) in [5.41, 5.74) is 3.21. The molecule has 1 aliphatic heterocycles. The van der Waals surface area contributed by atoms with E-state index in [4.69, 9.17) is 14.8 Å². The Kier molecular flexibility index (Phi) is 8.08. The van der Waals surface area contributed by atoms with Crippen LogP contribution in [0.4, 0.5) is 0 Å². The molecule has 1 saturated heterocycles. The highest BCUT2D eigenvalue weighted by molar-refractivity contribution is 7.09. The topological polar surface area (TPSA) is 116 Å². The second-order valence-corrected chi connectivity index (χ2v) is 10.4. The van der Waals surface area contributed by atoms with Crippen LogP contribution >= 0.6 is 11.3 Å². The van der Waals surface area contributed by atoms with Crippen molar-refractivity contribution in [3.05, 3.63) is 87.8 Å². The molecule has 5 rings (SSSR count). The smallest absolute Gasteiger partial charge is 0.273 e. The standard InChI is InChI=1S/C29H28N6O3S/c1-20-25(26(33-38-20)22-8-3-2-4-9-22)29(37)34-15-10-23(11-16-34)27-32-24(19-39-27)28(36)35(14-6-12-30)18-21-7-5-13-31-17-21/h2-5,7-9,13,17,19,23H,6,10-11,14-16,18H2,1H3. The number of hydrogen-bond donors (Lipinski definition) is 0. The Morgan fingerprint density at radius 2 is 1.97 bits per heavy atom. The lowest BCUT2D eigenvalue weighted by molar-refractivity contribution is 0.0711. The highest BCUT2D eigenvalue weighted by atomic mass is 32.1. The lowest BCUT2D eigenvalue weighted by Crippen LogP contribution is -2.38. The number of benzene rings is 1. The van der Waals surface area contributed by atoms with Crippen LogP contribution in [0.5, 0.6) is 0 Å². The van der Waals surface area contributed by atoms with Crippen molar-refractivity contribution in [2.45, 2.75) is 38.6 Å². The molecule has 2 amide bonds. The van der Waals surface area contributed by atoms with Crippen LogP contribution < -0.4 is 0 Å². The molecule has 0 atom stereocenters. The van der Waals surface area contributed by atoms with Crippen LogP contribution in [0.25, 0.3) is 11.3 Å². The number of rotatable bonds is 8. The number of carbonyl (C=O) groups is 2. The van der Waals surface area contributed by atoms with Gasteiger partial charge in [0.1, 0.15) is 22.7 Å². The Labute approximate surface area is 230 Å². The number of piperidine rings is 1. The van der Waals surface area contributed by atoms with Gasteiger partial charge < -0.3 is 14.3 Å². The Bertz CT molecular complexity index is 1470. The van der Waals surface area contributed by atoms with Gasteiger partial charge in [-0.05, 0) is 31.4 Å². The molecule has 3 aromatic heterocycles. The molecule has 0 bridgehead atoms. The van der Waals surface area contributed by atoms with E-state index in [0.29, 0.717) is 48.9 Å². The number of nitriles is 1. The van der Waals surface area contributed by atoms with E-state index in [1.54, 1.807) is 29.6 Å². The fourth-order valence-electron chi connectivity index (χ4n) is 4.79. The molecule has 1 aliphatic rings. The predicted octanol–water partition coefficient (Wildman–Crippen LogP) is 5.08. The molecule has 0 N–H and O–H groups in total. The van der Waals surface area contributed by atoms with Crippen molar-refractivity contribution in [1.82, 2.24) is 24.9 Å². The molecule has 10 heteroatoms. The van der Waals surface area contributed by atoms with Crippen molar-refractivity contribution in [2.24, 2.45) is 0 Å². The summed E-state index contributed by atoms with van der Waals surface area (Å²) in [7, 11) is 0. The fraction of sp³-hybridized carbons (Fsp3) is 0.310. The average molecular weight is 541 g/mol. The number of aryl methyl sites for hydroxylation is 1. The van der Waals surface area contributed by atoms with Crippen molar-refractivity contribution in [1.29, 1.82) is 5.26 Å². The monoisotopic (exact) mass is 540 g/mol. The van der Waals surface area contributed by atoms with Crippen LogP contribution in [-0.4, -0.2) is 56.4 Å². The van der Waals surface area contributed by atoms with Crippen molar-refractivity contribution in [3.63, 3.8) is 0 Å². The third-order valence-corrected chi connectivity index (χ3v) is 7.88. The van der Waals surface area contributed by atoms with Crippen LogP contribution in [0.3, 0.4) is 0 Å². The summed E-state index contributed by atoms with van der Waals surface area (Å²) in [6.07, 6.45) is 5.16. The lowest BCUT2D eigenvalue weighted by atomic mass is 9.96. The van der Waals surface area contributed by atoms with E-state index in [1.807, 2.05) is 47.4 Å². The number of amides is 2. The van der Waals surface area contributed by atoms with E-state index in [9.17, 15) is 9.59 Å². The maximum Gasteiger partial charge on any atom is 0.273 e. The zero-order chi connectivity index (χ0) is 27.2. The molecule has 39 heavy (non-hydrogen) atoms. The van der Waals surface area contributed by atoms with Crippen LogP contribution in [0.15, 0.2) is 64.8 Å². The summed E-state index contributed by atoms with van der Waals surface area (Å²) in [5, 5.41) is 15.9. The lowest BCUT2D eigenvalue weighted by Gasteiger charge is -2.31. The quantitative estimate of drug-likeness (QED) is 0.306. The summed E-state index contributed by atoms with van der Waals surface area (Å²) >= 11 is 1.48. The zero-order valence-electron chi connectivity index (χ0n) is 21.6. The maximum atomic E-state index is 13.5. The van der Waals surface area contributed by atoms with E-state index in [-0.39, 0.29) is 24.2 Å². The second kappa shape index (κ2) is 12.0. The molecule has 9 nitrogen and oxygen atoms in total. The van der Waals surface area contributed by atoms with E-state index in [1.165, 1.54) is 11.3 Å². The summed E-state index contributed by atoms with van der Waals surface area (Å²) in [4.78, 5) is 39.0. The molecule has 1 aromatic carbocycles. The first-order chi connectivity index (χ1) is 19.0. The Balaban J connectivity index is 1.24. The molecule has 4 heterocycles. The highest BCUT2D eigenvalue weighted by Crippen LogP contribution is 2.33. The summed E-state index contributed by atoms with van der Waals surface area (Å²) < 4.78 is 5.40. The number of thiazole rings is 1. The SMILES string of the molecule is Cc1onc(-c2ccccc2)c1C(=O)N1CCC(c2nc(C(=O)N(CCC#N)Cc3cccnc3)cs2)CC1. The molecule has 0 saturated carbocycles. The number of nitrogens with zero attached hydrogens (tertiary/aromatic N) is 6. The van der Waals surface area contributed by atoms with Gasteiger partial charge in [0.25, 0.3) is 11.8 Å². The van der Waals surface area contributed by atoms with E-state index < -0.39 is 0 Å². The van der Waals surface area contributed by atoms with Crippen molar-refractivity contribution >= 4 is 23.2 Å². The van der Waals surface area contributed by atoms with Gasteiger partial charge in [-0.2, -0.15) is 5.26 Å². The van der Waals surface area contributed by atoms with Crippen molar-refractivity contribution in [3.8, 4) is 17.3 Å². The first-order valence-electron chi connectivity index (χ1n) is 12.9. The van der Waals surface area contributed by atoms with Gasteiger partial charge in [-0.15, -0.1) is 11.3 Å². The van der Waals surface area contributed by atoms with Crippen LogP contribution in [-0.2, 0) is 6.54 Å². The second-order valence-electron chi connectivity index (χ2n) is 9.46. The third kappa shape index (κ3) is 5.89. The van der Waals surface area contributed by atoms with Gasteiger partial charge in [0.2, 0.25) is 0 Å². The molecule has 0 spiro atoms. The van der Waals surface area contributed by atoms with Crippen LogP contribution in [0.2, 0.25) is 0 Å². The minimum absolute atomic E-state index is 0.0791. The minimum atomic E-state index is -0.194. The largest absolute Gasteiger partial charge is 0.360 e. The number of pyridine rings is 1. The van der Waals surface area contributed by atoms with Gasteiger partial charge in [-0.1, -0.05) is 41.6 Å². The van der Waals surface area contributed by atoms with Gasteiger partial charge in [-0.25, -0.2) is 4.98 Å². The molecule has 0 aliphatic carbocycles. The van der Waals surface area contributed by atoms with Crippen LogP contribution in [0, 0.1) is 18.3 Å². The average Bonchev–Trinajstić information content (AvgIpc) is 3.63. The number of hydrogen-bond acceptors (Lipinski definition) is 8. The Morgan fingerprint density at radius 3 is 2.69 bits per heavy atom. The Hall–Kier alpha value is -4.36. The number of carbonyl (C=O) groups excluding carboxylic acids is 2. The first kappa shape index (κ1) is 26.3.